The SMILES string of the molecule is O=C(NC1(c2ccc(-c3nc4ccn5c(-c6ncccn6)nnc5c4cc3-c3ccccc3)cc2)CC(O)C1)C(F)(F)F. The molecule has 43 heavy (non-hydrogen) atoms. The standard InChI is InChI=1S/C31H22F3N7O2/c32-31(33,34)29(43)38-30(16-21(42)17-30)20-9-7-19(8-10-20)25-22(18-5-2-1-3-6-18)15-23-24(37-25)11-14-41-27(23)39-40-28(41)26-35-12-4-13-36-26/h1-15,21,42H,16-17H2,(H,38,43). The molecule has 214 valence electrons. The van der Waals surface area contributed by atoms with Gasteiger partial charge in [0.2, 0.25) is 5.82 Å². The van der Waals surface area contributed by atoms with E-state index < -0.39 is 23.7 Å². The van der Waals surface area contributed by atoms with Crippen molar-refractivity contribution < 1.29 is 23.1 Å². The Kier molecular flexibility index (Phi) is 6.17. The zero-order chi connectivity index (χ0) is 29.8. The van der Waals surface area contributed by atoms with Crippen LogP contribution < -0.4 is 5.32 Å². The lowest BCUT2D eigenvalue weighted by Crippen LogP contribution is -2.59. The first-order valence-corrected chi connectivity index (χ1v) is 13.4. The molecule has 0 bridgehead atoms. The fourth-order valence-electron chi connectivity index (χ4n) is 5.61. The Morgan fingerprint density at radius 1 is 0.930 bits per heavy atom. The molecule has 2 N–H and O–H groups in total. The van der Waals surface area contributed by atoms with Crippen LogP contribution in [0.2, 0.25) is 0 Å². The molecule has 0 atom stereocenters. The van der Waals surface area contributed by atoms with Gasteiger partial charge in [-0.1, -0.05) is 54.6 Å². The van der Waals surface area contributed by atoms with Crippen molar-refractivity contribution in [3.63, 3.8) is 0 Å². The first-order chi connectivity index (χ1) is 20.7. The molecule has 1 fully saturated rings. The van der Waals surface area contributed by atoms with Crippen molar-refractivity contribution in [1.29, 1.82) is 0 Å². The Labute approximate surface area is 242 Å². The fraction of sp³-hybridized carbons (Fsp3) is 0.161. The van der Waals surface area contributed by atoms with Crippen molar-refractivity contribution in [2.75, 3.05) is 0 Å². The number of carbonyl (C=O) groups is 1. The molecule has 4 heterocycles. The molecule has 1 aliphatic rings. The Morgan fingerprint density at radius 3 is 2.33 bits per heavy atom. The highest BCUT2D eigenvalue weighted by atomic mass is 19.4. The van der Waals surface area contributed by atoms with E-state index in [0.717, 1.165) is 22.1 Å². The van der Waals surface area contributed by atoms with E-state index in [1.807, 2.05) is 46.9 Å². The summed E-state index contributed by atoms with van der Waals surface area (Å²) in [5.74, 6) is -1.11. The average molecular weight is 582 g/mol. The fourth-order valence-corrected chi connectivity index (χ4v) is 5.61. The monoisotopic (exact) mass is 581 g/mol. The average Bonchev–Trinajstić information content (AvgIpc) is 3.45. The number of nitrogens with zero attached hydrogens (tertiary/aromatic N) is 6. The zero-order valence-electron chi connectivity index (χ0n) is 22.3. The predicted octanol–water partition coefficient (Wildman–Crippen LogP) is 5.10. The molecule has 12 heteroatoms. The van der Waals surface area contributed by atoms with Crippen LogP contribution in [-0.2, 0) is 10.3 Å². The van der Waals surface area contributed by atoms with Gasteiger partial charge in [-0.2, -0.15) is 13.2 Å². The normalized spacial score (nSPS) is 18.5. The summed E-state index contributed by atoms with van der Waals surface area (Å²) in [6.45, 7) is 0. The molecule has 1 saturated carbocycles. The largest absolute Gasteiger partial charge is 0.471 e. The van der Waals surface area contributed by atoms with Crippen LogP contribution in [0.5, 0.6) is 0 Å². The van der Waals surface area contributed by atoms with Crippen LogP contribution in [0.3, 0.4) is 0 Å². The number of fused-ring (bicyclic) bond motifs is 3. The van der Waals surface area contributed by atoms with Crippen LogP contribution in [0.25, 0.3) is 50.6 Å². The lowest BCUT2D eigenvalue weighted by atomic mass is 9.69. The molecule has 0 saturated heterocycles. The summed E-state index contributed by atoms with van der Waals surface area (Å²) in [5.41, 5.74) is 3.51. The Morgan fingerprint density at radius 2 is 1.65 bits per heavy atom. The lowest BCUT2D eigenvalue weighted by molar-refractivity contribution is -0.178. The Balaban J connectivity index is 1.34. The summed E-state index contributed by atoms with van der Waals surface area (Å²) in [7, 11) is 0. The number of pyridine rings is 2. The van der Waals surface area contributed by atoms with Crippen LogP contribution in [0.15, 0.2) is 91.4 Å². The van der Waals surface area contributed by atoms with E-state index in [0.29, 0.717) is 34.1 Å². The molecule has 1 aliphatic carbocycles. The number of nitrogens with one attached hydrogen (secondary N) is 1. The molecule has 7 rings (SSSR count). The van der Waals surface area contributed by atoms with Crippen molar-refractivity contribution in [3.8, 4) is 34.0 Å². The van der Waals surface area contributed by atoms with Crippen LogP contribution in [0.4, 0.5) is 13.2 Å². The van der Waals surface area contributed by atoms with E-state index >= 15 is 0 Å². The second kappa shape index (κ2) is 9.95. The highest BCUT2D eigenvalue weighted by Crippen LogP contribution is 2.43. The van der Waals surface area contributed by atoms with Crippen molar-refractivity contribution in [3.05, 3.63) is 97.0 Å². The maximum absolute atomic E-state index is 13.1. The van der Waals surface area contributed by atoms with Crippen LogP contribution >= 0.6 is 0 Å². The third-order valence-corrected chi connectivity index (χ3v) is 7.71. The van der Waals surface area contributed by atoms with Gasteiger partial charge in [0.1, 0.15) is 0 Å². The van der Waals surface area contributed by atoms with Crippen LogP contribution in [-0.4, -0.2) is 52.8 Å². The van der Waals surface area contributed by atoms with Crippen LogP contribution in [0.1, 0.15) is 18.4 Å². The molecule has 9 nitrogen and oxygen atoms in total. The van der Waals surface area contributed by atoms with E-state index in [9.17, 15) is 23.1 Å². The number of aliphatic hydroxyl groups is 1. The number of aromatic nitrogens is 6. The third kappa shape index (κ3) is 4.65. The minimum atomic E-state index is -5.03. The first-order valence-electron chi connectivity index (χ1n) is 13.4. The van der Waals surface area contributed by atoms with Gasteiger partial charge in [0, 0.05) is 47.9 Å². The summed E-state index contributed by atoms with van der Waals surface area (Å²) >= 11 is 0. The van der Waals surface area contributed by atoms with Gasteiger partial charge in [0.25, 0.3) is 0 Å². The van der Waals surface area contributed by atoms with E-state index in [1.165, 1.54) is 0 Å². The van der Waals surface area contributed by atoms with E-state index in [-0.39, 0.29) is 12.8 Å². The van der Waals surface area contributed by atoms with Gasteiger partial charge >= 0.3 is 12.1 Å². The second-order valence-electron chi connectivity index (χ2n) is 10.5. The van der Waals surface area contributed by atoms with E-state index in [4.69, 9.17) is 4.98 Å². The van der Waals surface area contributed by atoms with E-state index in [2.05, 4.69) is 25.5 Å². The van der Waals surface area contributed by atoms with Crippen molar-refractivity contribution in [2.24, 2.45) is 0 Å². The number of halogens is 3. The number of alkyl halides is 3. The second-order valence-corrected chi connectivity index (χ2v) is 10.5. The molecular weight excluding hydrogens is 559 g/mol. The molecule has 6 aromatic rings. The molecule has 1 amide bonds. The number of hydrogen-bond donors (Lipinski definition) is 2. The Hall–Kier alpha value is -5.23. The van der Waals surface area contributed by atoms with Crippen molar-refractivity contribution in [1.82, 2.24) is 34.9 Å². The number of carbonyl (C=O) groups excluding carboxylic acids is 1. The number of amides is 1. The van der Waals surface area contributed by atoms with Gasteiger partial charge in [0.05, 0.1) is 22.9 Å². The van der Waals surface area contributed by atoms with Crippen LogP contribution in [0, 0.1) is 0 Å². The molecule has 0 aliphatic heterocycles. The third-order valence-electron chi connectivity index (χ3n) is 7.71. The van der Waals surface area contributed by atoms with Crippen molar-refractivity contribution in [2.45, 2.75) is 30.7 Å². The summed E-state index contributed by atoms with van der Waals surface area (Å²) in [6.07, 6.45) is -0.780. The lowest BCUT2D eigenvalue weighted by Gasteiger charge is -2.46. The summed E-state index contributed by atoms with van der Waals surface area (Å²) in [4.78, 5) is 25.4. The maximum atomic E-state index is 13.1. The van der Waals surface area contributed by atoms with Gasteiger partial charge in [-0.15, -0.1) is 10.2 Å². The van der Waals surface area contributed by atoms with Gasteiger partial charge < -0.3 is 10.4 Å². The minimum absolute atomic E-state index is 0.0119. The van der Waals surface area contributed by atoms with Gasteiger partial charge in [-0.3, -0.25) is 9.20 Å². The quantitative estimate of drug-likeness (QED) is 0.291. The van der Waals surface area contributed by atoms with E-state index in [1.54, 1.807) is 48.9 Å². The topological polar surface area (TPSA) is 118 Å². The Bertz CT molecular complexity index is 1970. The molecule has 4 aromatic heterocycles. The highest BCUT2D eigenvalue weighted by molar-refractivity contribution is 5.98. The van der Waals surface area contributed by atoms with Gasteiger partial charge in [-0.05, 0) is 29.3 Å². The number of hydrogen-bond acceptors (Lipinski definition) is 7. The zero-order valence-corrected chi connectivity index (χ0v) is 22.3. The molecule has 0 spiro atoms. The molecule has 0 unspecified atom stereocenters. The summed E-state index contributed by atoms with van der Waals surface area (Å²) in [5, 5.41) is 21.5. The molecule has 0 radical (unpaired) electrons. The van der Waals surface area contributed by atoms with Crippen molar-refractivity contribution >= 4 is 22.5 Å². The van der Waals surface area contributed by atoms with Gasteiger partial charge in [0.15, 0.2) is 11.5 Å². The number of aliphatic hydroxyl groups excluding tert-OH is 1. The summed E-state index contributed by atoms with van der Waals surface area (Å²) < 4.78 is 41.0. The number of benzene rings is 2. The van der Waals surface area contributed by atoms with Gasteiger partial charge in [-0.25, -0.2) is 15.0 Å². The number of rotatable bonds is 5. The molecular formula is C31H22F3N7O2. The minimum Gasteiger partial charge on any atom is -0.393 e. The smallest absolute Gasteiger partial charge is 0.393 e. The summed E-state index contributed by atoms with van der Waals surface area (Å²) in [6, 6.07) is 22.1. The first kappa shape index (κ1) is 26.7. The maximum Gasteiger partial charge on any atom is 0.471 e. The molecule has 2 aromatic carbocycles. The predicted molar refractivity (Wildman–Crippen MR) is 151 cm³/mol. The highest BCUT2D eigenvalue weighted by Gasteiger charge is 2.50.